The zero-order chi connectivity index (χ0) is 12.4. The summed E-state index contributed by atoms with van der Waals surface area (Å²) in [5.41, 5.74) is -0.905. The molecule has 5 nitrogen and oxygen atoms in total. The molecular weight excluding hydrogens is 208 g/mol. The van der Waals surface area contributed by atoms with E-state index >= 15 is 0 Å². The number of amides is 2. The molecule has 0 atom stereocenters. The number of aliphatic hydroxyl groups excluding tert-OH is 1. The maximum Gasteiger partial charge on any atom is 0.239 e. The van der Waals surface area contributed by atoms with Gasteiger partial charge in [-0.25, -0.2) is 0 Å². The van der Waals surface area contributed by atoms with Crippen molar-refractivity contribution in [1.29, 1.82) is 0 Å². The van der Waals surface area contributed by atoms with Gasteiger partial charge >= 0.3 is 0 Å². The molecule has 3 N–H and O–H groups in total. The van der Waals surface area contributed by atoms with E-state index in [9.17, 15) is 9.59 Å². The molecule has 0 aromatic rings. The van der Waals surface area contributed by atoms with Crippen molar-refractivity contribution in [3.8, 4) is 0 Å². The number of rotatable bonds is 4. The molecule has 0 aromatic carbocycles. The van der Waals surface area contributed by atoms with Gasteiger partial charge in [-0.3, -0.25) is 9.59 Å². The van der Waals surface area contributed by atoms with Crippen molar-refractivity contribution in [3.63, 3.8) is 0 Å². The van der Waals surface area contributed by atoms with Crippen molar-refractivity contribution < 1.29 is 14.7 Å². The van der Waals surface area contributed by atoms with Gasteiger partial charge in [-0.15, -0.1) is 0 Å². The quantitative estimate of drug-likeness (QED) is 0.623. The highest BCUT2D eigenvalue weighted by Crippen LogP contribution is 2.34. The van der Waals surface area contributed by atoms with Crippen LogP contribution in [0.15, 0.2) is 0 Å². The average Bonchev–Trinajstić information content (AvgIpc) is 2.93. The molecule has 1 aliphatic rings. The van der Waals surface area contributed by atoms with Crippen molar-refractivity contribution in [2.45, 2.75) is 39.2 Å². The third-order valence-electron chi connectivity index (χ3n) is 2.65. The molecule has 1 rings (SSSR count). The lowest BCUT2D eigenvalue weighted by Gasteiger charge is -2.19. The SMILES string of the molecule is CC(C)(C)C(=O)NCC(=O)NC1(CO)CC1. The fourth-order valence-electron chi connectivity index (χ4n) is 1.24. The van der Waals surface area contributed by atoms with E-state index < -0.39 is 11.0 Å². The van der Waals surface area contributed by atoms with Crippen LogP contribution < -0.4 is 10.6 Å². The molecule has 0 aromatic heterocycles. The molecule has 92 valence electrons. The van der Waals surface area contributed by atoms with Gasteiger partial charge in [0.2, 0.25) is 11.8 Å². The van der Waals surface area contributed by atoms with E-state index in [0.29, 0.717) is 0 Å². The minimum absolute atomic E-state index is 0.0299. The van der Waals surface area contributed by atoms with Crippen LogP contribution >= 0.6 is 0 Å². The summed E-state index contributed by atoms with van der Waals surface area (Å²) < 4.78 is 0. The molecule has 1 fully saturated rings. The van der Waals surface area contributed by atoms with Gasteiger partial charge < -0.3 is 15.7 Å². The van der Waals surface area contributed by atoms with E-state index in [2.05, 4.69) is 10.6 Å². The molecule has 0 spiro atoms. The number of carbonyl (C=O) groups excluding carboxylic acids is 2. The first kappa shape index (κ1) is 13.0. The van der Waals surface area contributed by atoms with Crippen molar-refractivity contribution in [2.24, 2.45) is 5.41 Å². The Morgan fingerprint density at radius 3 is 2.25 bits per heavy atom. The Hall–Kier alpha value is -1.10. The predicted octanol–water partition coefficient (Wildman–Crippen LogP) is -0.210. The predicted molar refractivity (Wildman–Crippen MR) is 59.7 cm³/mol. The molecular formula is C11H20N2O3. The number of carbonyl (C=O) groups is 2. The lowest BCUT2D eigenvalue weighted by molar-refractivity contribution is -0.131. The average molecular weight is 228 g/mol. The normalized spacial score (nSPS) is 17.8. The van der Waals surface area contributed by atoms with Gasteiger partial charge in [0.25, 0.3) is 0 Å². The lowest BCUT2D eigenvalue weighted by Crippen LogP contribution is -2.46. The zero-order valence-corrected chi connectivity index (χ0v) is 10.1. The summed E-state index contributed by atoms with van der Waals surface area (Å²) in [6, 6.07) is 0. The number of hydrogen-bond donors (Lipinski definition) is 3. The van der Waals surface area contributed by atoms with Crippen molar-refractivity contribution in [3.05, 3.63) is 0 Å². The van der Waals surface area contributed by atoms with E-state index in [-0.39, 0.29) is 25.0 Å². The number of hydrogen-bond acceptors (Lipinski definition) is 3. The maximum absolute atomic E-state index is 11.5. The molecule has 0 unspecified atom stereocenters. The monoisotopic (exact) mass is 228 g/mol. The van der Waals surface area contributed by atoms with Gasteiger partial charge in [0, 0.05) is 5.41 Å². The second-order valence-corrected chi connectivity index (χ2v) is 5.42. The highest BCUT2D eigenvalue weighted by molar-refractivity contribution is 5.87. The Labute approximate surface area is 95.6 Å². The Bertz CT molecular complexity index is 290. The Morgan fingerprint density at radius 2 is 1.88 bits per heavy atom. The van der Waals surface area contributed by atoms with Crippen molar-refractivity contribution in [2.75, 3.05) is 13.2 Å². The van der Waals surface area contributed by atoms with E-state index in [1.807, 2.05) is 0 Å². The third kappa shape index (κ3) is 3.48. The standard InChI is InChI=1S/C11H20N2O3/c1-10(2,3)9(16)12-6-8(15)13-11(7-14)4-5-11/h14H,4-7H2,1-3H3,(H,12,16)(H,13,15). The highest BCUT2D eigenvalue weighted by Gasteiger charge is 2.43. The lowest BCUT2D eigenvalue weighted by atomic mass is 9.96. The van der Waals surface area contributed by atoms with Gasteiger partial charge in [-0.05, 0) is 12.8 Å². The Morgan fingerprint density at radius 1 is 1.31 bits per heavy atom. The summed E-state index contributed by atoms with van der Waals surface area (Å²) in [5, 5.41) is 14.3. The Kier molecular flexibility index (Phi) is 3.57. The van der Waals surface area contributed by atoms with Crippen LogP contribution in [0.1, 0.15) is 33.6 Å². The smallest absolute Gasteiger partial charge is 0.239 e. The molecule has 16 heavy (non-hydrogen) atoms. The molecule has 2 amide bonds. The summed E-state index contributed by atoms with van der Waals surface area (Å²) in [6.45, 7) is 5.30. The van der Waals surface area contributed by atoms with Gasteiger partial charge in [-0.2, -0.15) is 0 Å². The zero-order valence-electron chi connectivity index (χ0n) is 10.1. The summed E-state index contributed by atoms with van der Waals surface area (Å²) >= 11 is 0. The van der Waals surface area contributed by atoms with Crippen LogP contribution in [0.5, 0.6) is 0 Å². The summed E-state index contributed by atoms with van der Waals surface area (Å²) in [6.07, 6.45) is 1.62. The van der Waals surface area contributed by atoms with E-state index in [1.165, 1.54) is 0 Å². The third-order valence-corrected chi connectivity index (χ3v) is 2.65. The van der Waals surface area contributed by atoms with Crippen LogP contribution in [0.4, 0.5) is 0 Å². The molecule has 1 aliphatic carbocycles. The van der Waals surface area contributed by atoms with E-state index in [1.54, 1.807) is 20.8 Å². The van der Waals surface area contributed by atoms with Crippen molar-refractivity contribution in [1.82, 2.24) is 10.6 Å². The first-order chi connectivity index (χ1) is 7.29. The van der Waals surface area contributed by atoms with Crippen LogP contribution in [0.25, 0.3) is 0 Å². The van der Waals surface area contributed by atoms with E-state index in [0.717, 1.165) is 12.8 Å². The molecule has 0 aliphatic heterocycles. The van der Waals surface area contributed by atoms with Crippen molar-refractivity contribution >= 4 is 11.8 Å². The second kappa shape index (κ2) is 4.41. The summed E-state index contributed by atoms with van der Waals surface area (Å²) in [4.78, 5) is 22.9. The minimum atomic E-state index is -0.492. The summed E-state index contributed by atoms with van der Waals surface area (Å²) in [7, 11) is 0. The fourth-order valence-corrected chi connectivity index (χ4v) is 1.24. The van der Waals surface area contributed by atoms with Gasteiger partial charge in [-0.1, -0.05) is 20.8 Å². The first-order valence-corrected chi connectivity index (χ1v) is 5.49. The van der Waals surface area contributed by atoms with Crippen LogP contribution in [0.2, 0.25) is 0 Å². The first-order valence-electron chi connectivity index (χ1n) is 5.49. The highest BCUT2D eigenvalue weighted by atomic mass is 16.3. The van der Waals surface area contributed by atoms with Gasteiger partial charge in [0.15, 0.2) is 0 Å². The summed E-state index contributed by atoms with van der Waals surface area (Å²) in [5.74, 6) is -0.402. The van der Waals surface area contributed by atoms with Gasteiger partial charge in [0.05, 0.1) is 18.7 Å². The fraction of sp³-hybridized carbons (Fsp3) is 0.818. The van der Waals surface area contributed by atoms with E-state index in [4.69, 9.17) is 5.11 Å². The molecule has 0 bridgehead atoms. The molecule has 1 saturated carbocycles. The second-order valence-electron chi connectivity index (χ2n) is 5.42. The largest absolute Gasteiger partial charge is 0.394 e. The van der Waals surface area contributed by atoms with Crippen LogP contribution in [-0.2, 0) is 9.59 Å². The Balaban J connectivity index is 2.28. The van der Waals surface area contributed by atoms with Crippen LogP contribution in [-0.4, -0.2) is 35.6 Å². The number of aliphatic hydroxyl groups is 1. The maximum atomic E-state index is 11.5. The topological polar surface area (TPSA) is 78.4 Å². The molecule has 0 heterocycles. The minimum Gasteiger partial charge on any atom is -0.394 e. The van der Waals surface area contributed by atoms with Crippen LogP contribution in [0.3, 0.4) is 0 Å². The molecule has 5 heteroatoms. The molecule has 0 radical (unpaired) electrons. The van der Waals surface area contributed by atoms with Crippen LogP contribution in [0, 0.1) is 5.41 Å². The van der Waals surface area contributed by atoms with Gasteiger partial charge in [0.1, 0.15) is 0 Å². The molecule has 0 saturated heterocycles. The number of nitrogens with one attached hydrogen (secondary N) is 2.